The van der Waals surface area contributed by atoms with Crippen molar-refractivity contribution in [2.75, 3.05) is 27.2 Å². The van der Waals surface area contributed by atoms with Crippen LogP contribution in [0.2, 0.25) is 0 Å². The minimum Gasteiger partial charge on any atom is -0.484 e. The van der Waals surface area contributed by atoms with Gasteiger partial charge in [0.05, 0.1) is 0 Å². The molecule has 26 heavy (non-hydrogen) atoms. The number of benzene rings is 1. The number of hydrogen-bond donors (Lipinski definition) is 1. The highest BCUT2D eigenvalue weighted by atomic mass is 19.1. The molecule has 7 nitrogen and oxygen atoms in total. The van der Waals surface area contributed by atoms with E-state index in [9.17, 15) is 14.0 Å². The maximum atomic E-state index is 13.0. The van der Waals surface area contributed by atoms with E-state index in [-0.39, 0.29) is 30.5 Å². The largest absolute Gasteiger partial charge is 0.484 e. The molecule has 1 aliphatic heterocycles. The van der Waals surface area contributed by atoms with Crippen LogP contribution in [0, 0.1) is 5.82 Å². The van der Waals surface area contributed by atoms with Gasteiger partial charge in [0.1, 0.15) is 12.4 Å². The molecule has 1 saturated heterocycles. The number of rotatable bonds is 7. The van der Waals surface area contributed by atoms with E-state index in [2.05, 4.69) is 5.32 Å². The van der Waals surface area contributed by atoms with E-state index in [1.165, 1.54) is 12.1 Å². The van der Waals surface area contributed by atoms with Crippen molar-refractivity contribution in [1.29, 1.82) is 0 Å². The van der Waals surface area contributed by atoms with Gasteiger partial charge in [-0.25, -0.2) is 9.18 Å². The number of carbonyl (C=O) groups excluding carboxylic acids is 2. The first-order valence-electron chi connectivity index (χ1n) is 8.15. The van der Waals surface area contributed by atoms with Crippen LogP contribution in [-0.4, -0.2) is 49.8 Å². The molecule has 1 aliphatic rings. The maximum absolute atomic E-state index is 13.0. The van der Waals surface area contributed by atoms with Gasteiger partial charge in [0, 0.05) is 26.9 Å². The normalized spacial score (nSPS) is 17.5. The minimum absolute atomic E-state index is 0.144. The van der Waals surface area contributed by atoms with Crippen LogP contribution in [0.25, 0.3) is 0 Å². The van der Waals surface area contributed by atoms with Crippen LogP contribution in [0.3, 0.4) is 0 Å². The predicted molar refractivity (Wildman–Crippen MR) is 91.0 cm³/mol. The molecule has 8 heteroatoms. The van der Waals surface area contributed by atoms with E-state index in [0.717, 1.165) is 0 Å². The van der Waals surface area contributed by atoms with Gasteiger partial charge < -0.3 is 24.4 Å². The molecule has 1 fully saturated rings. The van der Waals surface area contributed by atoms with E-state index in [0.29, 0.717) is 12.1 Å². The lowest BCUT2D eigenvalue weighted by atomic mass is 10.2. The number of ether oxygens (including phenoxy) is 3. The molecule has 142 valence electrons. The Balaban J connectivity index is 2.13. The van der Waals surface area contributed by atoms with Crippen LogP contribution in [0.15, 0.2) is 35.8 Å². The third kappa shape index (κ3) is 5.45. The Kier molecular flexibility index (Phi) is 6.20. The molecule has 2 rings (SSSR count). The number of esters is 1. The second kappa shape index (κ2) is 8.18. The zero-order valence-electron chi connectivity index (χ0n) is 15.3. The molecule has 0 bridgehead atoms. The number of likely N-dealkylation sites (N-methyl/N-ethyl adjacent to an activating group) is 1. The van der Waals surface area contributed by atoms with Crippen LogP contribution in [-0.2, 0) is 30.3 Å². The second-order valence-corrected chi connectivity index (χ2v) is 6.51. The minimum atomic E-state index is -1.17. The summed E-state index contributed by atoms with van der Waals surface area (Å²) in [5.74, 6) is -3.39. The van der Waals surface area contributed by atoms with Crippen molar-refractivity contribution in [1.82, 2.24) is 10.2 Å². The van der Waals surface area contributed by atoms with Crippen molar-refractivity contribution in [3.63, 3.8) is 0 Å². The molecule has 1 aromatic rings. The predicted octanol–water partition coefficient (Wildman–Crippen LogP) is 1.54. The highest BCUT2D eigenvalue weighted by Gasteiger charge is 2.42. The molecular formula is C18H23FN2O5. The number of nitrogens with zero attached hydrogens (tertiary/aromatic N) is 1. The number of carbonyl (C=O) groups is 2. The number of amides is 1. The second-order valence-electron chi connectivity index (χ2n) is 6.51. The Bertz CT molecular complexity index is 698. The SMILES string of the molecule is CN(C)CCOC(C(=O)NCc1ccc(F)cc1)=C1OC(C)(C)OC1=O. The molecule has 0 aromatic heterocycles. The van der Waals surface area contributed by atoms with Gasteiger partial charge in [-0.2, -0.15) is 0 Å². The highest BCUT2D eigenvalue weighted by Crippen LogP contribution is 2.29. The average Bonchev–Trinajstić information content (AvgIpc) is 2.83. The lowest BCUT2D eigenvalue weighted by molar-refractivity contribution is -0.159. The topological polar surface area (TPSA) is 77.1 Å². The number of cyclic esters (lactones) is 1. The van der Waals surface area contributed by atoms with Gasteiger partial charge in [0.2, 0.25) is 11.5 Å². The Hall–Kier alpha value is -2.61. The quantitative estimate of drug-likeness (QED) is 0.448. The standard InChI is InChI=1S/C18H23FN2O5/c1-18(2)25-15(17(23)26-18)14(24-10-9-21(3)4)16(22)20-11-12-5-7-13(19)8-6-12/h5-8H,9-11H2,1-4H3,(H,20,22). The Labute approximate surface area is 151 Å². The molecule has 0 unspecified atom stereocenters. The Morgan fingerprint density at radius 1 is 1.23 bits per heavy atom. The van der Waals surface area contributed by atoms with Gasteiger partial charge in [-0.3, -0.25) is 4.79 Å². The summed E-state index contributed by atoms with van der Waals surface area (Å²) in [5, 5.41) is 2.64. The summed E-state index contributed by atoms with van der Waals surface area (Å²) in [6.45, 7) is 4.00. The zero-order chi connectivity index (χ0) is 19.3. The van der Waals surface area contributed by atoms with E-state index in [1.807, 2.05) is 19.0 Å². The molecule has 1 aromatic carbocycles. The van der Waals surface area contributed by atoms with Crippen LogP contribution in [0.4, 0.5) is 4.39 Å². The number of halogens is 1. The fourth-order valence-corrected chi connectivity index (χ4v) is 2.15. The summed E-state index contributed by atoms with van der Waals surface area (Å²) in [4.78, 5) is 26.4. The molecule has 0 atom stereocenters. The molecule has 1 amide bonds. The molecule has 0 spiro atoms. The van der Waals surface area contributed by atoms with Gasteiger partial charge in [0.15, 0.2) is 0 Å². The Morgan fingerprint density at radius 2 is 1.88 bits per heavy atom. The summed E-state index contributed by atoms with van der Waals surface area (Å²) in [6, 6.07) is 5.71. The first-order chi connectivity index (χ1) is 12.2. The van der Waals surface area contributed by atoms with E-state index in [1.54, 1.807) is 26.0 Å². The van der Waals surface area contributed by atoms with Crippen LogP contribution in [0.5, 0.6) is 0 Å². The maximum Gasteiger partial charge on any atom is 0.381 e. The van der Waals surface area contributed by atoms with Crippen LogP contribution < -0.4 is 5.32 Å². The highest BCUT2D eigenvalue weighted by molar-refractivity contribution is 6.00. The third-order valence-corrected chi connectivity index (χ3v) is 3.44. The van der Waals surface area contributed by atoms with Crippen molar-refractivity contribution >= 4 is 11.9 Å². The van der Waals surface area contributed by atoms with Crippen molar-refractivity contribution in [3.8, 4) is 0 Å². The number of nitrogens with one attached hydrogen (secondary N) is 1. The van der Waals surface area contributed by atoms with Gasteiger partial charge in [0.25, 0.3) is 11.7 Å². The molecule has 1 heterocycles. The fraction of sp³-hybridized carbons (Fsp3) is 0.444. The Morgan fingerprint density at radius 3 is 2.42 bits per heavy atom. The smallest absolute Gasteiger partial charge is 0.381 e. The molecular weight excluding hydrogens is 343 g/mol. The first kappa shape index (κ1) is 19.7. The molecule has 0 radical (unpaired) electrons. The number of hydrogen-bond acceptors (Lipinski definition) is 6. The van der Waals surface area contributed by atoms with Crippen LogP contribution in [0.1, 0.15) is 19.4 Å². The zero-order valence-corrected chi connectivity index (χ0v) is 15.3. The van der Waals surface area contributed by atoms with Gasteiger partial charge in [-0.15, -0.1) is 0 Å². The first-order valence-corrected chi connectivity index (χ1v) is 8.15. The van der Waals surface area contributed by atoms with Crippen molar-refractivity contribution in [3.05, 3.63) is 47.2 Å². The van der Waals surface area contributed by atoms with E-state index in [4.69, 9.17) is 14.2 Å². The summed E-state index contributed by atoms with van der Waals surface area (Å²) in [6.07, 6.45) is 0. The third-order valence-electron chi connectivity index (χ3n) is 3.44. The average molecular weight is 366 g/mol. The summed E-state index contributed by atoms with van der Waals surface area (Å²) in [7, 11) is 3.71. The van der Waals surface area contributed by atoms with Gasteiger partial charge in [-0.05, 0) is 31.8 Å². The van der Waals surface area contributed by atoms with Crippen molar-refractivity contribution in [2.45, 2.75) is 26.2 Å². The molecule has 1 N–H and O–H groups in total. The lowest BCUT2D eigenvalue weighted by Gasteiger charge is -2.16. The van der Waals surface area contributed by atoms with Crippen molar-refractivity contribution < 1.29 is 28.2 Å². The van der Waals surface area contributed by atoms with Gasteiger partial charge >= 0.3 is 5.97 Å². The molecule has 0 saturated carbocycles. The van der Waals surface area contributed by atoms with E-state index >= 15 is 0 Å². The lowest BCUT2D eigenvalue weighted by Crippen LogP contribution is -2.29. The monoisotopic (exact) mass is 366 g/mol. The van der Waals surface area contributed by atoms with Crippen LogP contribution >= 0.6 is 0 Å². The fourth-order valence-electron chi connectivity index (χ4n) is 2.15. The summed E-state index contributed by atoms with van der Waals surface area (Å²) in [5.41, 5.74) is 0.702. The van der Waals surface area contributed by atoms with Gasteiger partial charge in [-0.1, -0.05) is 12.1 Å². The summed E-state index contributed by atoms with van der Waals surface area (Å²) < 4.78 is 29.0. The molecule has 0 aliphatic carbocycles. The van der Waals surface area contributed by atoms with Crippen molar-refractivity contribution in [2.24, 2.45) is 0 Å². The van der Waals surface area contributed by atoms with E-state index < -0.39 is 17.7 Å². The summed E-state index contributed by atoms with van der Waals surface area (Å²) >= 11 is 0.